The highest BCUT2D eigenvalue weighted by Crippen LogP contribution is 2.65. The van der Waals surface area contributed by atoms with Crippen molar-refractivity contribution in [1.29, 1.82) is 0 Å². The number of hydrogen-bond acceptors (Lipinski definition) is 6. The van der Waals surface area contributed by atoms with E-state index in [1.165, 1.54) is 23.0 Å². The van der Waals surface area contributed by atoms with Crippen molar-refractivity contribution in [2.24, 2.45) is 23.7 Å². The fourth-order valence-electron chi connectivity index (χ4n) is 8.64. The first-order valence-electron chi connectivity index (χ1n) is 15.6. The predicted molar refractivity (Wildman–Crippen MR) is 172 cm³/mol. The van der Waals surface area contributed by atoms with Gasteiger partial charge in [-0.1, -0.05) is 65.7 Å². The Bertz CT molecular complexity index is 1830. The number of anilines is 1. The monoisotopic (exact) mass is 638 g/mol. The van der Waals surface area contributed by atoms with Gasteiger partial charge in [0.2, 0.25) is 23.6 Å². The van der Waals surface area contributed by atoms with Crippen molar-refractivity contribution in [1.82, 2.24) is 4.90 Å². The molecule has 1 N–H and O–H groups in total. The van der Waals surface area contributed by atoms with Crippen molar-refractivity contribution < 1.29 is 29.0 Å². The summed E-state index contributed by atoms with van der Waals surface area (Å²) >= 11 is 6.36. The van der Waals surface area contributed by atoms with Crippen molar-refractivity contribution in [3.8, 4) is 11.5 Å². The van der Waals surface area contributed by atoms with E-state index in [1.807, 2.05) is 57.2 Å². The minimum absolute atomic E-state index is 0.0892. The SMILES string of the molecule is COc1ccc([C@H]2C3=CC[C@@H]4C(=O)N(C(C)(C)C)C(=O)[C@@H]4[C@@H]3C[C@H]3C(=O)N(c4cccc(Cl)c4)C(=O)[C@@]23c2ccccc2)c(O)c1. The van der Waals surface area contributed by atoms with Gasteiger partial charge >= 0.3 is 0 Å². The van der Waals surface area contributed by atoms with Crippen LogP contribution >= 0.6 is 11.6 Å². The van der Waals surface area contributed by atoms with E-state index in [1.54, 1.807) is 36.4 Å². The second kappa shape index (κ2) is 10.6. The van der Waals surface area contributed by atoms with E-state index < -0.39 is 52.4 Å². The molecule has 236 valence electrons. The smallest absolute Gasteiger partial charge is 0.246 e. The van der Waals surface area contributed by atoms with Crippen molar-refractivity contribution in [3.63, 3.8) is 0 Å². The topological polar surface area (TPSA) is 104 Å². The van der Waals surface area contributed by atoms with Gasteiger partial charge in [-0.2, -0.15) is 0 Å². The van der Waals surface area contributed by atoms with E-state index in [0.29, 0.717) is 34.0 Å². The molecule has 1 saturated carbocycles. The number of methoxy groups -OCH3 is 1. The summed E-state index contributed by atoms with van der Waals surface area (Å²) in [5.74, 6) is -4.44. The van der Waals surface area contributed by atoms with E-state index in [0.717, 1.165) is 5.57 Å². The average Bonchev–Trinajstić information content (AvgIpc) is 3.42. The Hall–Kier alpha value is -4.43. The second-order valence-electron chi connectivity index (χ2n) is 13.7. The molecular formula is C37H35ClN2O6. The molecule has 3 fully saturated rings. The van der Waals surface area contributed by atoms with Crippen LogP contribution in [-0.4, -0.2) is 46.3 Å². The molecular weight excluding hydrogens is 604 g/mol. The molecule has 0 radical (unpaired) electrons. The van der Waals surface area contributed by atoms with Gasteiger partial charge in [0.05, 0.1) is 36.0 Å². The number of benzene rings is 3. The van der Waals surface area contributed by atoms with Crippen molar-refractivity contribution in [2.75, 3.05) is 12.0 Å². The van der Waals surface area contributed by atoms with Crippen LogP contribution in [0.2, 0.25) is 5.02 Å². The van der Waals surface area contributed by atoms with E-state index in [-0.39, 0.29) is 24.0 Å². The number of amides is 4. The summed E-state index contributed by atoms with van der Waals surface area (Å²) in [5.41, 5.74) is 0.0394. The molecule has 2 saturated heterocycles. The number of nitrogens with zero attached hydrogens (tertiary/aromatic N) is 2. The van der Waals surface area contributed by atoms with Crippen LogP contribution in [0.3, 0.4) is 0 Å². The summed E-state index contributed by atoms with van der Waals surface area (Å²) in [4.78, 5) is 60.4. The first-order valence-corrected chi connectivity index (χ1v) is 15.9. The Morgan fingerprint density at radius 3 is 2.28 bits per heavy atom. The molecule has 2 aliphatic carbocycles. The molecule has 0 bridgehead atoms. The summed E-state index contributed by atoms with van der Waals surface area (Å²) < 4.78 is 5.39. The highest BCUT2D eigenvalue weighted by Gasteiger charge is 2.70. The minimum Gasteiger partial charge on any atom is -0.508 e. The Morgan fingerprint density at radius 2 is 1.63 bits per heavy atom. The maximum Gasteiger partial charge on any atom is 0.246 e. The number of aromatic hydroxyl groups is 1. The Morgan fingerprint density at radius 1 is 0.891 bits per heavy atom. The lowest BCUT2D eigenvalue weighted by molar-refractivity contribution is -0.145. The fourth-order valence-corrected chi connectivity index (χ4v) is 8.83. The van der Waals surface area contributed by atoms with Gasteiger partial charge in [0.25, 0.3) is 0 Å². The number of phenolic OH excluding ortho intramolecular Hbond substituents is 1. The van der Waals surface area contributed by atoms with Crippen LogP contribution in [0.15, 0.2) is 84.4 Å². The van der Waals surface area contributed by atoms with Gasteiger partial charge < -0.3 is 9.84 Å². The zero-order valence-corrected chi connectivity index (χ0v) is 26.8. The number of likely N-dealkylation sites (tertiary alicyclic amines) is 1. The van der Waals surface area contributed by atoms with Crippen LogP contribution in [0.5, 0.6) is 11.5 Å². The van der Waals surface area contributed by atoms with Gasteiger partial charge in [0, 0.05) is 28.1 Å². The van der Waals surface area contributed by atoms with Gasteiger partial charge in [0.15, 0.2) is 0 Å². The van der Waals surface area contributed by atoms with Crippen LogP contribution in [0.1, 0.15) is 50.7 Å². The zero-order valence-electron chi connectivity index (χ0n) is 26.1. The fraction of sp³-hybridized carbons (Fsp3) is 0.351. The summed E-state index contributed by atoms with van der Waals surface area (Å²) in [6.45, 7) is 5.53. The standard InChI is InChI=1S/C37H35ClN2O6/c1-36(2,3)40-32(42)26-16-15-24-27(30(26)34(40)44)19-28-33(43)39(22-12-8-11-21(38)17-22)35(45)37(28,20-9-6-5-7-10-20)31(24)25-14-13-23(46-4)18-29(25)41/h5-15,17-18,26-28,30-31,41H,16,19H2,1-4H3/t26-,27+,28-,30-,31+,37+/m0/s1. The normalized spacial score (nSPS) is 29.0. The summed E-state index contributed by atoms with van der Waals surface area (Å²) in [6.07, 6.45) is 2.49. The number of hydrogen-bond donors (Lipinski definition) is 1. The number of carbonyl (C=O) groups excluding carboxylic acids is 4. The number of phenols is 1. The van der Waals surface area contributed by atoms with Crippen molar-refractivity contribution >= 4 is 40.9 Å². The summed E-state index contributed by atoms with van der Waals surface area (Å²) in [7, 11) is 1.50. The molecule has 0 unspecified atom stereocenters. The maximum absolute atomic E-state index is 15.2. The van der Waals surface area contributed by atoms with E-state index >= 15 is 4.79 Å². The predicted octanol–water partition coefficient (Wildman–Crippen LogP) is 6.02. The molecule has 9 heteroatoms. The van der Waals surface area contributed by atoms with Gasteiger partial charge in [-0.25, -0.2) is 4.90 Å². The van der Waals surface area contributed by atoms with E-state index in [9.17, 15) is 19.5 Å². The molecule has 2 heterocycles. The molecule has 7 rings (SSSR count). The molecule has 46 heavy (non-hydrogen) atoms. The largest absolute Gasteiger partial charge is 0.508 e. The van der Waals surface area contributed by atoms with Gasteiger partial charge in [-0.3, -0.25) is 24.1 Å². The molecule has 0 spiro atoms. The van der Waals surface area contributed by atoms with Gasteiger partial charge in [-0.15, -0.1) is 0 Å². The average molecular weight is 639 g/mol. The molecule has 3 aromatic rings. The Kier molecular flexibility index (Phi) is 6.94. The van der Waals surface area contributed by atoms with Crippen molar-refractivity contribution in [2.45, 2.75) is 50.5 Å². The van der Waals surface area contributed by atoms with E-state index in [4.69, 9.17) is 16.3 Å². The third-order valence-corrected chi connectivity index (χ3v) is 10.6. The van der Waals surface area contributed by atoms with Gasteiger partial charge in [0.1, 0.15) is 11.5 Å². The lowest BCUT2D eigenvalue weighted by Gasteiger charge is -2.50. The summed E-state index contributed by atoms with van der Waals surface area (Å²) in [5, 5.41) is 12.0. The number of rotatable bonds is 4. The Labute approximate surface area is 272 Å². The lowest BCUT2D eigenvalue weighted by atomic mass is 9.49. The second-order valence-corrected chi connectivity index (χ2v) is 14.1. The lowest BCUT2D eigenvalue weighted by Crippen LogP contribution is -2.53. The van der Waals surface area contributed by atoms with Crippen LogP contribution in [0.25, 0.3) is 0 Å². The first kappa shape index (κ1) is 30.2. The molecule has 2 aliphatic heterocycles. The highest BCUT2D eigenvalue weighted by molar-refractivity contribution is 6.32. The third kappa shape index (κ3) is 4.12. The molecule has 4 aliphatic rings. The van der Waals surface area contributed by atoms with Gasteiger partial charge in [-0.05, 0) is 69.4 Å². The van der Waals surface area contributed by atoms with Crippen molar-refractivity contribution in [3.05, 3.63) is 101 Å². The Balaban J connectivity index is 1.51. The highest BCUT2D eigenvalue weighted by atomic mass is 35.5. The third-order valence-electron chi connectivity index (χ3n) is 10.4. The van der Waals surface area contributed by atoms with Crippen LogP contribution < -0.4 is 9.64 Å². The maximum atomic E-state index is 15.2. The number of carbonyl (C=O) groups is 4. The van der Waals surface area contributed by atoms with Crippen LogP contribution in [0.4, 0.5) is 5.69 Å². The number of ether oxygens (including phenoxy) is 1. The summed E-state index contributed by atoms with van der Waals surface area (Å²) in [6, 6.07) is 20.8. The minimum atomic E-state index is -1.46. The van der Waals surface area contributed by atoms with E-state index in [2.05, 4.69) is 0 Å². The molecule has 3 aromatic carbocycles. The molecule has 4 amide bonds. The molecule has 8 nitrogen and oxygen atoms in total. The zero-order chi connectivity index (χ0) is 32.7. The van der Waals surface area contributed by atoms with Crippen LogP contribution in [0, 0.1) is 23.7 Å². The molecule has 6 atom stereocenters. The number of fused-ring (bicyclic) bond motifs is 4. The number of halogens is 1. The quantitative estimate of drug-likeness (QED) is 0.277. The number of imide groups is 2. The van der Waals surface area contributed by atoms with Crippen LogP contribution in [-0.2, 0) is 24.6 Å². The first-order chi connectivity index (χ1) is 21.9. The number of allylic oxidation sites excluding steroid dienone is 2. The molecule has 0 aromatic heterocycles.